The van der Waals surface area contributed by atoms with E-state index in [0.29, 0.717) is 22.9 Å². The lowest BCUT2D eigenvalue weighted by molar-refractivity contribution is -0.144. The molecule has 0 spiro atoms. The quantitative estimate of drug-likeness (QED) is 0.396. The summed E-state index contributed by atoms with van der Waals surface area (Å²) in [6.45, 7) is 1.49. The molecule has 3 amide bonds. The first-order valence-electron chi connectivity index (χ1n) is 8.71. The van der Waals surface area contributed by atoms with Crippen LogP contribution in [0.2, 0.25) is 0 Å². The second kappa shape index (κ2) is 6.97. The number of aromatic nitrogens is 2. The predicted molar refractivity (Wildman–Crippen MR) is 90.4 cm³/mol. The number of rotatable bonds is 5. The molecule has 2 fully saturated rings. The molecule has 3 N–H and O–H groups in total. The van der Waals surface area contributed by atoms with Crippen molar-refractivity contribution < 1.29 is 31.7 Å². The Morgan fingerprint density at radius 2 is 2.25 bits per heavy atom. The second-order valence-corrected chi connectivity index (χ2v) is 7.85. The van der Waals surface area contributed by atoms with Gasteiger partial charge in [-0.3, -0.25) is 18.9 Å². The first-order chi connectivity index (χ1) is 13.3. The number of nitrogens with one attached hydrogen (secondary N) is 2. The first kappa shape index (κ1) is 19.1. The third-order valence-corrected chi connectivity index (χ3v) is 5.38. The normalized spacial score (nSPS) is 27.1. The minimum absolute atomic E-state index is 0.00385. The number of carbonyl (C=O) groups excluding carboxylic acids is 2. The Labute approximate surface area is 160 Å². The van der Waals surface area contributed by atoms with Crippen LogP contribution in [-0.4, -0.2) is 70.4 Å². The molecule has 0 aromatic carbocycles. The number of aryl methyl sites for hydroxylation is 1. The van der Waals surface area contributed by atoms with Gasteiger partial charge in [-0.15, -0.1) is 4.28 Å². The van der Waals surface area contributed by atoms with E-state index < -0.39 is 34.4 Å². The molecule has 28 heavy (non-hydrogen) atoms. The Balaban J connectivity index is 1.59. The zero-order valence-electron chi connectivity index (χ0n) is 14.9. The Kier molecular flexibility index (Phi) is 4.75. The van der Waals surface area contributed by atoms with Gasteiger partial charge in [0, 0.05) is 19.2 Å². The van der Waals surface area contributed by atoms with Crippen molar-refractivity contribution in [1.82, 2.24) is 30.5 Å². The van der Waals surface area contributed by atoms with Gasteiger partial charge in [-0.2, -0.15) is 18.6 Å². The summed E-state index contributed by atoms with van der Waals surface area (Å²) in [5.74, 6) is -0.587. The van der Waals surface area contributed by atoms with Crippen molar-refractivity contribution >= 4 is 22.3 Å². The molecule has 4 rings (SSSR count). The molecule has 0 saturated carbocycles. The van der Waals surface area contributed by atoms with Crippen molar-refractivity contribution in [3.63, 3.8) is 0 Å². The number of amides is 3. The number of piperidine rings is 1. The lowest BCUT2D eigenvalue weighted by atomic mass is 9.97. The zero-order chi connectivity index (χ0) is 20.1. The molecule has 3 aliphatic rings. The van der Waals surface area contributed by atoms with Crippen LogP contribution in [0.25, 0.3) is 0 Å². The molecule has 0 aliphatic carbocycles. The largest absolute Gasteiger partial charge is 0.418 e. The number of carbonyl (C=O) groups is 2. The SMILES string of the molecule is Cn1ncc2c1[C@@H](C(=O)NOC1CCCNC1)N1C[C@@H]2N(OS(=O)(=O)O)C1=O. The van der Waals surface area contributed by atoms with E-state index >= 15 is 0 Å². The Morgan fingerprint density at radius 3 is 2.93 bits per heavy atom. The van der Waals surface area contributed by atoms with Crippen molar-refractivity contribution in [2.24, 2.45) is 7.05 Å². The highest BCUT2D eigenvalue weighted by Crippen LogP contribution is 2.44. The molecule has 0 radical (unpaired) electrons. The topological polar surface area (TPSA) is 155 Å². The van der Waals surface area contributed by atoms with Crippen LogP contribution in [0.3, 0.4) is 0 Å². The van der Waals surface area contributed by atoms with Crippen LogP contribution < -0.4 is 10.8 Å². The average Bonchev–Trinajstić information content (AvgIpc) is 3.15. The van der Waals surface area contributed by atoms with Gasteiger partial charge in [0.2, 0.25) is 0 Å². The number of hydroxylamine groups is 3. The van der Waals surface area contributed by atoms with Crippen molar-refractivity contribution in [3.8, 4) is 0 Å². The predicted octanol–water partition coefficient (Wildman–Crippen LogP) is -1.21. The molecule has 1 aromatic heterocycles. The Hall–Kier alpha value is -2.26. The molecule has 1 aromatic rings. The van der Waals surface area contributed by atoms with Gasteiger partial charge in [0.25, 0.3) is 5.91 Å². The summed E-state index contributed by atoms with van der Waals surface area (Å²) in [6.07, 6.45) is 2.95. The van der Waals surface area contributed by atoms with E-state index in [4.69, 9.17) is 9.39 Å². The van der Waals surface area contributed by atoms with Crippen molar-refractivity contribution in [2.45, 2.75) is 31.0 Å². The van der Waals surface area contributed by atoms with Crippen LogP contribution in [-0.2, 0) is 31.4 Å². The van der Waals surface area contributed by atoms with Crippen molar-refractivity contribution in [1.29, 1.82) is 0 Å². The maximum Gasteiger partial charge on any atom is 0.418 e. The highest BCUT2D eigenvalue weighted by atomic mass is 32.3. The monoisotopic (exact) mass is 416 g/mol. The van der Waals surface area contributed by atoms with Gasteiger partial charge in [0.05, 0.1) is 24.5 Å². The van der Waals surface area contributed by atoms with Gasteiger partial charge in [-0.1, -0.05) is 0 Å². The van der Waals surface area contributed by atoms with Crippen molar-refractivity contribution in [2.75, 3.05) is 19.6 Å². The Bertz CT molecular complexity index is 896. The van der Waals surface area contributed by atoms with E-state index in [-0.39, 0.29) is 12.6 Å². The van der Waals surface area contributed by atoms with Gasteiger partial charge < -0.3 is 10.2 Å². The molecule has 1 unspecified atom stereocenters. The van der Waals surface area contributed by atoms with E-state index in [1.54, 1.807) is 7.05 Å². The number of nitrogens with zero attached hydrogens (tertiary/aromatic N) is 4. The molecular formula is C14H20N6O7S. The fourth-order valence-corrected chi connectivity index (χ4v) is 4.18. The van der Waals surface area contributed by atoms with Gasteiger partial charge in [0.1, 0.15) is 6.04 Å². The van der Waals surface area contributed by atoms with E-state index in [9.17, 15) is 18.0 Å². The van der Waals surface area contributed by atoms with Crippen molar-refractivity contribution in [3.05, 3.63) is 17.5 Å². The lowest BCUT2D eigenvalue weighted by Gasteiger charge is -2.30. The third-order valence-electron chi connectivity index (χ3n) is 5.03. The lowest BCUT2D eigenvalue weighted by Crippen LogP contribution is -2.47. The maximum absolute atomic E-state index is 12.9. The summed E-state index contributed by atoms with van der Waals surface area (Å²) >= 11 is 0. The minimum Gasteiger partial charge on any atom is -0.314 e. The van der Waals surface area contributed by atoms with Crippen LogP contribution in [0, 0.1) is 0 Å². The number of hydrogen-bond acceptors (Lipinski definition) is 8. The fraction of sp³-hybridized carbons (Fsp3) is 0.643. The van der Waals surface area contributed by atoms with E-state index in [0.717, 1.165) is 24.3 Å². The Morgan fingerprint density at radius 1 is 1.46 bits per heavy atom. The number of urea groups is 1. The summed E-state index contributed by atoms with van der Waals surface area (Å²) in [5, 5.41) is 7.81. The highest BCUT2D eigenvalue weighted by Gasteiger charge is 2.54. The number of hydrogen-bond donors (Lipinski definition) is 3. The zero-order valence-corrected chi connectivity index (χ0v) is 15.8. The van der Waals surface area contributed by atoms with Gasteiger partial charge >= 0.3 is 16.4 Å². The highest BCUT2D eigenvalue weighted by molar-refractivity contribution is 7.80. The van der Waals surface area contributed by atoms with Gasteiger partial charge in [-0.25, -0.2) is 10.3 Å². The van der Waals surface area contributed by atoms with Crippen LogP contribution in [0.15, 0.2) is 6.20 Å². The van der Waals surface area contributed by atoms with E-state index in [1.807, 2.05) is 0 Å². The summed E-state index contributed by atoms with van der Waals surface area (Å²) in [5.41, 5.74) is 3.27. The van der Waals surface area contributed by atoms with Gasteiger partial charge in [0.15, 0.2) is 6.04 Å². The van der Waals surface area contributed by atoms with E-state index in [2.05, 4.69) is 20.2 Å². The fourth-order valence-electron chi connectivity index (χ4n) is 3.81. The summed E-state index contributed by atoms with van der Waals surface area (Å²) in [7, 11) is -3.31. The molecule has 3 aliphatic heterocycles. The number of fused-ring (bicyclic) bond motifs is 4. The summed E-state index contributed by atoms with van der Waals surface area (Å²) in [6, 6.07) is -2.78. The second-order valence-electron chi connectivity index (χ2n) is 6.84. The molecule has 2 saturated heterocycles. The smallest absolute Gasteiger partial charge is 0.314 e. The molecular weight excluding hydrogens is 396 g/mol. The molecule has 2 bridgehead atoms. The van der Waals surface area contributed by atoms with Crippen LogP contribution in [0.4, 0.5) is 4.79 Å². The van der Waals surface area contributed by atoms with Crippen LogP contribution in [0.5, 0.6) is 0 Å². The molecule has 14 heteroatoms. The first-order valence-corrected chi connectivity index (χ1v) is 10.1. The average molecular weight is 416 g/mol. The summed E-state index contributed by atoms with van der Waals surface area (Å²) in [4.78, 5) is 32.1. The van der Waals surface area contributed by atoms with Crippen LogP contribution in [0.1, 0.15) is 36.2 Å². The third kappa shape index (κ3) is 3.33. The molecule has 154 valence electrons. The van der Waals surface area contributed by atoms with Crippen LogP contribution >= 0.6 is 0 Å². The maximum atomic E-state index is 12.9. The standard InChI is InChI=1S/C14H20N6O7S/c1-18-11-9(6-16-18)10-7-19(14(22)20(10)27-28(23,24)25)12(11)13(21)17-26-8-3-2-4-15-5-8/h6,8,10,12,15H,2-5,7H2,1H3,(H,17,21)(H,23,24,25)/t8?,10-,12-/m0/s1. The summed E-state index contributed by atoms with van der Waals surface area (Å²) < 4.78 is 37.1. The molecule has 13 nitrogen and oxygen atoms in total. The van der Waals surface area contributed by atoms with E-state index in [1.165, 1.54) is 10.9 Å². The van der Waals surface area contributed by atoms with Gasteiger partial charge in [-0.05, 0) is 19.4 Å². The minimum atomic E-state index is -4.92. The molecule has 3 atom stereocenters. The molecule has 4 heterocycles.